The first kappa shape index (κ1) is 24.2. The van der Waals surface area contributed by atoms with E-state index in [9.17, 15) is 4.79 Å². The van der Waals surface area contributed by atoms with Crippen LogP contribution in [0.25, 0.3) is 11.4 Å². The molecular formula is C28H28BrN5O2. The summed E-state index contributed by atoms with van der Waals surface area (Å²) in [6, 6.07) is 13.9. The summed E-state index contributed by atoms with van der Waals surface area (Å²) in [6.45, 7) is 2.11. The van der Waals surface area contributed by atoms with Gasteiger partial charge in [-0.3, -0.25) is 9.48 Å². The third kappa shape index (κ3) is 4.65. The van der Waals surface area contributed by atoms with Crippen LogP contribution in [0.1, 0.15) is 46.1 Å². The fourth-order valence-electron chi connectivity index (χ4n) is 4.86. The second-order valence-electron chi connectivity index (χ2n) is 8.91. The molecule has 1 aliphatic rings. The van der Waals surface area contributed by atoms with E-state index in [1.165, 1.54) is 5.56 Å². The number of nitrogens with zero attached hydrogens (tertiary/aromatic N) is 4. The zero-order chi connectivity index (χ0) is 25.2. The van der Waals surface area contributed by atoms with Gasteiger partial charge in [0.05, 0.1) is 24.2 Å². The number of ether oxygens (including phenoxy) is 1. The monoisotopic (exact) mass is 545 g/mol. The van der Waals surface area contributed by atoms with E-state index in [2.05, 4.69) is 39.2 Å². The van der Waals surface area contributed by atoms with Crippen LogP contribution >= 0.6 is 15.9 Å². The van der Waals surface area contributed by atoms with Gasteiger partial charge in [0.2, 0.25) is 5.95 Å². The van der Waals surface area contributed by atoms with E-state index in [1.54, 1.807) is 11.8 Å². The number of benzene rings is 2. The third-order valence-corrected chi connectivity index (χ3v) is 7.12. The van der Waals surface area contributed by atoms with E-state index in [1.807, 2.05) is 49.6 Å². The highest BCUT2D eigenvalue weighted by Crippen LogP contribution is 2.35. The van der Waals surface area contributed by atoms with Gasteiger partial charge in [0.1, 0.15) is 11.4 Å². The van der Waals surface area contributed by atoms with Crippen molar-refractivity contribution in [3.8, 4) is 17.1 Å². The Hall–Kier alpha value is -3.52. The molecule has 2 aromatic carbocycles. The molecule has 0 spiro atoms. The van der Waals surface area contributed by atoms with Crippen LogP contribution < -0.4 is 10.1 Å². The topological polar surface area (TPSA) is 81.9 Å². The zero-order valence-electron chi connectivity index (χ0n) is 20.6. The maximum atomic E-state index is 13.5. The summed E-state index contributed by atoms with van der Waals surface area (Å²) in [5.41, 5.74) is 7.32. The predicted molar refractivity (Wildman–Crippen MR) is 144 cm³/mol. The van der Waals surface area contributed by atoms with Gasteiger partial charge in [-0.05, 0) is 60.6 Å². The summed E-state index contributed by atoms with van der Waals surface area (Å²) in [4.78, 5) is 22.9. The van der Waals surface area contributed by atoms with E-state index < -0.39 is 0 Å². The number of halogens is 1. The molecule has 0 saturated heterocycles. The highest BCUT2D eigenvalue weighted by Gasteiger charge is 2.28. The van der Waals surface area contributed by atoms with Crippen LogP contribution in [-0.2, 0) is 32.7 Å². The molecule has 0 radical (unpaired) electrons. The molecule has 0 aliphatic heterocycles. The lowest BCUT2D eigenvalue weighted by Crippen LogP contribution is -2.09. The summed E-state index contributed by atoms with van der Waals surface area (Å²) in [6.07, 6.45) is 5.65. The number of rotatable bonds is 7. The van der Waals surface area contributed by atoms with E-state index in [0.29, 0.717) is 23.8 Å². The Labute approximate surface area is 219 Å². The third-order valence-electron chi connectivity index (χ3n) is 6.63. The molecule has 2 heterocycles. The molecule has 0 unspecified atom stereocenters. The Bertz CT molecular complexity index is 1450. The first-order chi connectivity index (χ1) is 17.5. The number of ketones is 1. The number of anilines is 2. The van der Waals surface area contributed by atoms with Crippen molar-refractivity contribution < 1.29 is 9.53 Å². The van der Waals surface area contributed by atoms with Crippen molar-refractivity contribution in [1.29, 1.82) is 0 Å². The number of nitrogens with one attached hydrogen (secondary N) is 1. The van der Waals surface area contributed by atoms with Gasteiger partial charge in [-0.2, -0.15) is 5.10 Å². The van der Waals surface area contributed by atoms with Gasteiger partial charge in [-0.15, -0.1) is 0 Å². The molecule has 36 heavy (non-hydrogen) atoms. The maximum absolute atomic E-state index is 13.5. The van der Waals surface area contributed by atoms with Crippen molar-refractivity contribution in [2.75, 3.05) is 12.4 Å². The Morgan fingerprint density at radius 1 is 1.17 bits per heavy atom. The van der Waals surface area contributed by atoms with E-state index in [4.69, 9.17) is 14.8 Å². The number of carbonyl (C=O) groups is 1. The molecule has 0 fully saturated rings. The fourth-order valence-corrected chi connectivity index (χ4v) is 5.20. The lowest BCUT2D eigenvalue weighted by molar-refractivity contribution is 0.0986. The SMILES string of the molecule is CCc1ccccc1CC(=O)c1nn(C)c2c1CCCc1cnc(Nc3ccc(Br)cc3OC)nc1-2. The maximum Gasteiger partial charge on any atom is 0.227 e. The van der Waals surface area contributed by atoms with Gasteiger partial charge < -0.3 is 10.1 Å². The van der Waals surface area contributed by atoms with Crippen molar-refractivity contribution in [3.05, 3.63) is 81.1 Å². The van der Waals surface area contributed by atoms with Crippen molar-refractivity contribution in [1.82, 2.24) is 19.7 Å². The van der Waals surface area contributed by atoms with Gasteiger partial charge >= 0.3 is 0 Å². The number of hydrogen-bond acceptors (Lipinski definition) is 6. The molecule has 5 rings (SSSR count). The Balaban J connectivity index is 1.51. The molecule has 1 N–H and O–H groups in total. The highest BCUT2D eigenvalue weighted by molar-refractivity contribution is 9.10. The molecule has 7 nitrogen and oxygen atoms in total. The van der Waals surface area contributed by atoms with Gasteiger partial charge in [-0.1, -0.05) is 47.1 Å². The Morgan fingerprint density at radius 2 is 1.97 bits per heavy atom. The molecule has 8 heteroatoms. The molecule has 0 saturated carbocycles. The van der Waals surface area contributed by atoms with Crippen LogP contribution in [0.4, 0.5) is 11.6 Å². The molecule has 0 amide bonds. The largest absolute Gasteiger partial charge is 0.495 e. The van der Waals surface area contributed by atoms with Crippen LogP contribution in [0, 0.1) is 0 Å². The minimum atomic E-state index is 0.0446. The lowest BCUT2D eigenvalue weighted by Gasteiger charge is -2.13. The number of Topliss-reactive ketones (excluding diaryl/α,β-unsaturated/α-hetero) is 1. The lowest BCUT2D eigenvalue weighted by atomic mass is 9.97. The summed E-state index contributed by atoms with van der Waals surface area (Å²) in [7, 11) is 3.52. The van der Waals surface area contributed by atoms with Crippen molar-refractivity contribution in [3.63, 3.8) is 0 Å². The number of aromatic nitrogens is 4. The first-order valence-corrected chi connectivity index (χ1v) is 12.9. The second-order valence-corrected chi connectivity index (χ2v) is 9.83. The van der Waals surface area contributed by atoms with Gasteiger partial charge in [0.25, 0.3) is 0 Å². The number of methoxy groups -OCH3 is 1. The summed E-state index contributed by atoms with van der Waals surface area (Å²) in [5, 5.41) is 7.98. The second kappa shape index (κ2) is 10.2. The summed E-state index contributed by atoms with van der Waals surface area (Å²) >= 11 is 3.47. The number of hydrogen-bond donors (Lipinski definition) is 1. The smallest absolute Gasteiger partial charge is 0.227 e. The number of fused-ring (bicyclic) bond motifs is 3. The fraction of sp³-hybridized carbons (Fsp3) is 0.286. The standard InChI is InChI=1S/C28H28BrN5O2/c1-4-17-8-5-6-9-18(17)14-23(35)26-21-11-7-10-19-16-30-28(32-25(19)27(21)34(2)33-26)31-22-13-12-20(29)15-24(22)36-3/h5-6,8-9,12-13,15-16H,4,7,10-11,14H2,1-3H3,(H,30,31,32). The van der Waals surface area contributed by atoms with Crippen LogP contribution in [0.5, 0.6) is 5.75 Å². The first-order valence-electron chi connectivity index (χ1n) is 12.1. The molecule has 2 aromatic heterocycles. The Morgan fingerprint density at radius 3 is 2.75 bits per heavy atom. The van der Waals surface area contributed by atoms with E-state index in [-0.39, 0.29) is 5.78 Å². The molecule has 184 valence electrons. The highest BCUT2D eigenvalue weighted by atomic mass is 79.9. The minimum absolute atomic E-state index is 0.0446. The van der Waals surface area contributed by atoms with Crippen LogP contribution in [-0.4, -0.2) is 32.6 Å². The molecular weight excluding hydrogens is 518 g/mol. The summed E-state index contributed by atoms with van der Waals surface area (Å²) < 4.78 is 8.22. The average Bonchev–Trinajstić information content (AvgIpc) is 3.09. The van der Waals surface area contributed by atoms with Crippen LogP contribution in [0.2, 0.25) is 0 Å². The van der Waals surface area contributed by atoms with Crippen LogP contribution in [0.15, 0.2) is 53.1 Å². The van der Waals surface area contributed by atoms with E-state index in [0.717, 1.165) is 63.9 Å². The van der Waals surface area contributed by atoms with E-state index >= 15 is 0 Å². The van der Waals surface area contributed by atoms with Crippen molar-refractivity contribution in [2.24, 2.45) is 7.05 Å². The molecule has 0 bridgehead atoms. The van der Waals surface area contributed by atoms with Gasteiger partial charge in [0.15, 0.2) is 5.78 Å². The zero-order valence-corrected chi connectivity index (χ0v) is 22.2. The van der Waals surface area contributed by atoms with Crippen LogP contribution in [0.3, 0.4) is 0 Å². The molecule has 0 atom stereocenters. The summed E-state index contributed by atoms with van der Waals surface area (Å²) in [5.74, 6) is 1.20. The number of carbonyl (C=O) groups excluding carboxylic acids is 1. The quantitative estimate of drug-likeness (QED) is 0.292. The minimum Gasteiger partial charge on any atom is -0.495 e. The number of aryl methyl sites for hydroxylation is 3. The Kier molecular flexibility index (Phi) is 6.87. The molecule has 1 aliphatic carbocycles. The predicted octanol–water partition coefficient (Wildman–Crippen LogP) is 5.87. The van der Waals surface area contributed by atoms with Crippen molar-refractivity contribution >= 4 is 33.3 Å². The molecule has 4 aromatic rings. The normalized spacial score (nSPS) is 12.4. The van der Waals surface area contributed by atoms with Gasteiger partial charge in [0, 0.05) is 29.7 Å². The average molecular weight is 546 g/mol. The van der Waals surface area contributed by atoms with Gasteiger partial charge in [-0.25, -0.2) is 9.97 Å². The van der Waals surface area contributed by atoms with Crippen molar-refractivity contribution in [2.45, 2.75) is 39.0 Å².